The molecule has 2 aliphatic rings. The van der Waals surface area contributed by atoms with Crippen molar-refractivity contribution in [2.75, 3.05) is 6.54 Å². The molecule has 0 amide bonds. The molecule has 0 N–H and O–H groups in total. The van der Waals surface area contributed by atoms with E-state index in [1.807, 2.05) is 20.8 Å². The summed E-state index contributed by atoms with van der Waals surface area (Å²) in [5.74, 6) is 0.383. The van der Waals surface area contributed by atoms with Gasteiger partial charge in [0.05, 0.1) is 6.42 Å². The summed E-state index contributed by atoms with van der Waals surface area (Å²) in [5.41, 5.74) is 0.0973. The molecule has 5 nitrogen and oxygen atoms in total. The molecule has 20 heavy (non-hydrogen) atoms. The maximum atomic E-state index is 12.1. The van der Waals surface area contributed by atoms with Crippen LogP contribution in [0.15, 0.2) is 12.2 Å². The number of fused-ring (bicyclic) bond motifs is 1. The van der Waals surface area contributed by atoms with Crippen LogP contribution in [0.3, 0.4) is 0 Å². The van der Waals surface area contributed by atoms with E-state index >= 15 is 0 Å². The maximum Gasteiger partial charge on any atom is 0.307 e. The van der Waals surface area contributed by atoms with Crippen LogP contribution in [-0.2, 0) is 9.53 Å². The minimum Gasteiger partial charge on any atom is -0.460 e. The fourth-order valence-electron chi connectivity index (χ4n) is 3.88. The predicted molar refractivity (Wildman–Crippen MR) is 74.7 cm³/mol. The Morgan fingerprint density at radius 2 is 2.15 bits per heavy atom. The fraction of sp³-hybridized carbons (Fsp3) is 0.800. The number of carbonyl (C=O) groups is 1. The Labute approximate surface area is 119 Å². The zero-order valence-corrected chi connectivity index (χ0v) is 12.5. The third kappa shape index (κ3) is 3.02. The van der Waals surface area contributed by atoms with Crippen LogP contribution in [0.1, 0.15) is 46.5 Å². The summed E-state index contributed by atoms with van der Waals surface area (Å²) in [6.07, 6.45) is 2.68. The lowest BCUT2D eigenvalue weighted by molar-refractivity contribution is -0.506. The van der Waals surface area contributed by atoms with Crippen molar-refractivity contribution in [2.24, 2.45) is 17.3 Å². The summed E-state index contributed by atoms with van der Waals surface area (Å²) in [7, 11) is 0. The first-order valence-corrected chi connectivity index (χ1v) is 7.12. The van der Waals surface area contributed by atoms with Gasteiger partial charge < -0.3 is 4.74 Å². The van der Waals surface area contributed by atoms with E-state index in [0.29, 0.717) is 5.92 Å². The van der Waals surface area contributed by atoms with Gasteiger partial charge in [-0.3, -0.25) is 14.9 Å². The van der Waals surface area contributed by atoms with Gasteiger partial charge in [0, 0.05) is 10.3 Å². The first kappa shape index (κ1) is 15.0. The molecule has 2 rings (SSSR count). The van der Waals surface area contributed by atoms with Crippen molar-refractivity contribution in [3.63, 3.8) is 0 Å². The van der Waals surface area contributed by atoms with Crippen LogP contribution < -0.4 is 0 Å². The number of esters is 1. The lowest BCUT2D eigenvalue weighted by Gasteiger charge is -2.49. The van der Waals surface area contributed by atoms with E-state index < -0.39 is 11.0 Å². The fourth-order valence-corrected chi connectivity index (χ4v) is 3.88. The van der Waals surface area contributed by atoms with Crippen molar-refractivity contribution >= 4 is 5.97 Å². The SMILES string of the molecule is C=C1C[C@@H]2C[C@@](CC(=O)OC(C)(C)C)(C[N+](=O)[O-])[C@@H]2C1. The van der Waals surface area contributed by atoms with E-state index in [4.69, 9.17) is 4.74 Å². The van der Waals surface area contributed by atoms with Gasteiger partial charge in [0.1, 0.15) is 5.60 Å². The molecule has 0 spiro atoms. The number of ether oxygens (including phenoxy) is 1. The van der Waals surface area contributed by atoms with Gasteiger partial charge in [0.2, 0.25) is 6.54 Å². The van der Waals surface area contributed by atoms with Crippen LogP contribution in [0.2, 0.25) is 0 Å². The second-order valence-corrected chi connectivity index (χ2v) is 7.35. The number of allylic oxidation sites excluding steroid dienone is 1. The molecule has 0 aliphatic heterocycles. The predicted octanol–water partition coefficient (Wildman–Crippen LogP) is 2.97. The third-order valence-electron chi connectivity index (χ3n) is 4.44. The lowest BCUT2D eigenvalue weighted by Crippen LogP contribution is -2.51. The number of rotatable bonds is 4. The Bertz CT molecular complexity index is 451. The highest BCUT2D eigenvalue weighted by atomic mass is 16.6. The number of hydrogen-bond acceptors (Lipinski definition) is 4. The normalized spacial score (nSPS) is 32.5. The number of nitro groups is 1. The molecule has 112 valence electrons. The van der Waals surface area contributed by atoms with Gasteiger partial charge in [-0.1, -0.05) is 12.2 Å². The van der Waals surface area contributed by atoms with Crippen LogP contribution in [0, 0.1) is 27.4 Å². The molecule has 0 radical (unpaired) electrons. The van der Waals surface area contributed by atoms with Crippen LogP contribution >= 0.6 is 0 Å². The summed E-state index contributed by atoms with van der Waals surface area (Å²) in [6.45, 7) is 9.29. The number of nitrogens with zero attached hydrogens (tertiary/aromatic N) is 1. The first-order chi connectivity index (χ1) is 9.11. The van der Waals surface area contributed by atoms with Crippen molar-refractivity contribution in [1.29, 1.82) is 0 Å². The Morgan fingerprint density at radius 3 is 2.65 bits per heavy atom. The van der Waals surface area contributed by atoms with Gasteiger partial charge in [-0.25, -0.2) is 0 Å². The van der Waals surface area contributed by atoms with Crippen molar-refractivity contribution in [3.8, 4) is 0 Å². The highest BCUT2D eigenvalue weighted by Gasteiger charge is 2.60. The smallest absolute Gasteiger partial charge is 0.307 e. The highest BCUT2D eigenvalue weighted by molar-refractivity contribution is 5.71. The maximum absolute atomic E-state index is 12.1. The molecule has 0 unspecified atom stereocenters. The van der Waals surface area contributed by atoms with Crippen molar-refractivity contribution in [1.82, 2.24) is 0 Å². The Balaban J connectivity index is 2.08. The van der Waals surface area contributed by atoms with E-state index in [1.165, 1.54) is 0 Å². The summed E-state index contributed by atoms with van der Waals surface area (Å²) >= 11 is 0. The molecule has 0 aromatic heterocycles. The molecule has 2 aliphatic carbocycles. The van der Waals surface area contributed by atoms with Gasteiger partial charge in [0.15, 0.2) is 0 Å². The molecular formula is C15H23NO4. The Hall–Kier alpha value is -1.39. The first-order valence-electron chi connectivity index (χ1n) is 7.12. The third-order valence-corrected chi connectivity index (χ3v) is 4.44. The zero-order chi connectivity index (χ0) is 15.1. The Morgan fingerprint density at radius 1 is 1.50 bits per heavy atom. The summed E-state index contributed by atoms with van der Waals surface area (Å²) in [6, 6.07) is 0. The van der Waals surface area contributed by atoms with E-state index in [0.717, 1.165) is 24.8 Å². The largest absolute Gasteiger partial charge is 0.460 e. The minimum absolute atomic E-state index is 0.138. The van der Waals surface area contributed by atoms with Gasteiger partial charge in [-0.15, -0.1) is 0 Å². The Kier molecular flexibility index (Phi) is 3.65. The van der Waals surface area contributed by atoms with E-state index in [9.17, 15) is 14.9 Å². The van der Waals surface area contributed by atoms with Gasteiger partial charge in [-0.2, -0.15) is 0 Å². The zero-order valence-electron chi connectivity index (χ0n) is 12.5. The van der Waals surface area contributed by atoms with E-state index in [-0.39, 0.29) is 29.8 Å². The van der Waals surface area contributed by atoms with Crippen LogP contribution in [0.4, 0.5) is 0 Å². The lowest BCUT2D eigenvalue weighted by atomic mass is 9.53. The molecule has 0 aromatic carbocycles. The van der Waals surface area contributed by atoms with Gasteiger partial charge >= 0.3 is 5.97 Å². The molecule has 0 bridgehead atoms. The van der Waals surface area contributed by atoms with Gasteiger partial charge in [-0.05, 0) is 51.9 Å². The second kappa shape index (κ2) is 4.86. The average Bonchev–Trinajstić information content (AvgIpc) is 2.51. The molecule has 2 saturated carbocycles. The molecule has 0 aromatic rings. The molecule has 2 fully saturated rings. The summed E-state index contributed by atoms with van der Waals surface area (Å²) in [5, 5.41) is 11.0. The molecule has 5 heteroatoms. The number of carbonyl (C=O) groups excluding carboxylic acids is 1. The topological polar surface area (TPSA) is 69.4 Å². The summed E-state index contributed by atoms with van der Waals surface area (Å²) < 4.78 is 5.34. The van der Waals surface area contributed by atoms with Crippen LogP contribution in [0.5, 0.6) is 0 Å². The minimum atomic E-state index is -0.546. The molecule has 0 saturated heterocycles. The van der Waals surface area contributed by atoms with Crippen molar-refractivity contribution in [3.05, 3.63) is 22.3 Å². The quantitative estimate of drug-likeness (QED) is 0.344. The van der Waals surface area contributed by atoms with Crippen molar-refractivity contribution in [2.45, 2.75) is 52.1 Å². The van der Waals surface area contributed by atoms with E-state index in [2.05, 4.69) is 6.58 Å². The van der Waals surface area contributed by atoms with Gasteiger partial charge in [0.25, 0.3) is 0 Å². The highest BCUT2D eigenvalue weighted by Crippen LogP contribution is 2.62. The molecule has 3 atom stereocenters. The molecular weight excluding hydrogens is 258 g/mol. The monoisotopic (exact) mass is 281 g/mol. The average molecular weight is 281 g/mol. The van der Waals surface area contributed by atoms with Crippen LogP contribution in [-0.4, -0.2) is 23.0 Å². The number of hydrogen-bond donors (Lipinski definition) is 0. The standard InChI is InChI=1S/C15H23NO4/c1-10-5-11-7-15(9-16(18)19,12(11)6-10)8-13(17)20-14(2,3)4/h11-12H,1,5-9H2,2-4H3/t11-,12-,15-/m1/s1. The van der Waals surface area contributed by atoms with Crippen LogP contribution in [0.25, 0.3) is 0 Å². The summed E-state index contributed by atoms with van der Waals surface area (Å²) in [4.78, 5) is 22.7. The van der Waals surface area contributed by atoms with E-state index in [1.54, 1.807) is 0 Å². The van der Waals surface area contributed by atoms with Crippen molar-refractivity contribution < 1.29 is 14.5 Å². The molecule has 0 heterocycles. The second-order valence-electron chi connectivity index (χ2n) is 7.35.